The van der Waals surface area contributed by atoms with Crippen LogP contribution in [0.4, 0.5) is 5.82 Å². The van der Waals surface area contributed by atoms with Crippen molar-refractivity contribution in [1.82, 2.24) is 15.3 Å². The number of nitrogens with one attached hydrogen (secondary N) is 2. The van der Waals surface area contributed by atoms with Crippen molar-refractivity contribution in [3.63, 3.8) is 0 Å². The summed E-state index contributed by atoms with van der Waals surface area (Å²) in [4.78, 5) is 8.54. The van der Waals surface area contributed by atoms with E-state index in [4.69, 9.17) is 0 Å². The lowest BCUT2D eigenvalue weighted by Crippen LogP contribution is -2.22. The number of nitrogens with zero attached hydrogens (tertiary/aromatic N) is 2. The molecule has 0 radical (unpaired) electrons. The van der Waals surface area contributed by atoms with Gasteiger partial charge >= 0.3 is 0 Å². The molecule has 5 nitrogen and oxygen atoms in total. The van der Waals surface area contributed by atoms with E-state index in [1.807, 2.05) is 6.07 Å². The summed E-state index contributed by atoms with van der Waals surface area (Å²) in [5.41, 5.74) is 0.475. The number of aliphatic hydroxyl groups is 1. The van der Waals surface area contributed by atoms with Gasteiger partial charge in [-0.15, -0.1) is 0 Å². The third kappa shape index (κ3) is 3.20. The highest BCUT2D eigenvalue weighted by atomic mass is 16.3. The third-order valence-corrected chi connectivity index (χ3v) is 2.98. The van der Waals surface area contributed by atoms with E-state index >= 15 is 0 Å². The second-order valence-electron chi connectivity index (χ2n) is 4.31. The van der Waals surface area contributed by atoms with E-state index in [0.29, 0.717) is 17.4 Å². The largest absolute Gasteiger partial charge is 0.507 e. The van der Waals surface area contributed by atoms with Gasteiger partial charge in [0.15, 0.2) is 5.82 Å². The van der Waals surface area contributed by atoms with Gasteiger partial charge in [0, 0.05) is 18.8 Å². The Morgan fingerprint density at radius 2 is 2.32 bits per heavy atom. The van der Waals surface area contributed by atoms with Crippen LogP contribution >= 0.6 is 0 Å². The Hall–Kier alpha value is -2.14. The summed E-state index contributed by atoms with van der Waals surface area (Å²) in [6.45, 7) is 9.14. The second kappa shape index (κ2) is 6.15. The van der Waals surface area contributed by atoms with Crippen molar-refractivity contribution in [2.45, 2.75) is 12.5 Å². The Balaban J connectivity index is 2.22. The number of allylic oxidation sites excluding steroid dienone is 3. The molecule has 0 spiro atoms. The van der Waals surface area contributed by atoms with Gasteiger partial charge in [0.1, 0.15) is 11.6 Å². The van der Waals surface area contributed by atoms with E-state index in [1.165, 1.54) is 12.2 Å². The summed E-state index contributed by atoms with van der Waals surface area (Å²) in [7, 11) is 0. The van der Waals surface area contributed by atoms with Crippen LogP contribution in [0.5, 0.6) is 0 Å². The first kappa shape index (κ1) is 13.3. The molecule has 1 saturated heterocycles. The normalized spacial score (nSPS) is 19.7. The molecule has 0 aromatic carbocycles. The maximum atomic E-state index is 9.73. The van der Waals surface area contributed by atoms with Gasteiger partial charge in [-0.1, -0.05) is 19.2 Å². The Labute approximate surface area is 112 Å². The van der Waals surface area contributed by atoms with E-state index in [2.05, 4.69) is 33.8 Å². The molecule has 1 aliphatic rings. The molecule has 0 saturated carbocycles. The number of aliphatic hydroxyl groups excluding tert-OH is 1. The van der Waals surface area contributed by atoms with Crippen LogP contribution in [0.15, 0.2) is 43.3 Å². The minimum Gasteiger partial charge on any atom is -0.507 e. The lowest BCUT2D eigenvalue weighted by atomic mass is 10.2. The van der Waals surface area contributed by atoms with Crippen molar-refractivity contribution < 1.29 is 5.11 Å². The summed E-state index contributed by atoms with van der Waals surface area (Å²) < 4.78 is 0. The maximum Gasteiger partial charge on any atom is 0.165 e. The smallest absolute Gasteiger partial charge is 0.165 e. The van der Waals surface area contributed by atoms with Crippen LogP contribution in [0.25, 0.3) is 5.57 Å². The highest BCUT2D eigenvalue weighted by molar-refractivity contribution is 5.72. The number of rotatable bonds is 5. The fraction of sp³-hybridized carbons (Fsp3) is 0.286. The minimum atomic E-state index is 0.0229. The van der Waals surface area contributed by atoms with Gasteiger partial charge in [0.25, 0.3) is 0 Å². The summed E-state index contributed by atoms with van der Waals surface area (Å²) >= 11 is 0. The molecule has 2 heterocycles. The SMILES string of the molecule is C=C/C(O)=C(\C=C)c1nccc(NC2CCNC2)n1. The molecule has 0 aliphatic carbocycles. The number of hydrogen-bond acceptors (Lipinski definition) is 5. The van der Waals surface area contributed by atoms with Crippen LogP contribution < -0.4 is 10.6 Å². The van der Waals surface area contributed by atoms with Gasteiger partial charge in [-0.25, -0.2) is 9.97 Å². The quantitative estimate of drug-likeness (QED) is 0.556. The van der Waals surface area contributed by atoms with Gasteiger partial charge < -0.3 is 15.7 Å². The van der Waals surface area contributed by atoms with Gasteiger partial charge in [-0.2, -0.15) is 0 Å². The molecule has 1 atom stereocenters. The van der Waals surface area contributed by atoms with Gasteiger partial charge in [-0.05, 0) is 25.1 Å². The molecule has 0 bridgehead atoms. The van der Waals surface area contributed by atoms with Crippen LogP contribution in [-0.4, -0.2) is 34.2 Å². The highest BCUT2D eigenvalue weighted by Gasteiger charge is 2.15. The van der Waals surface area contributed by atoms with Gasteiger partial charge in [0.2, 0.25) is 0 Å². The lowest BCUT2D eigenvalue weighted by Gasteiger charge is -2.12. The third-order valence-electron chi connectivity index (χ3n) is 2.98. The van der Waals surface area contributed by atoms with Crippen LogP contribution in [0.2, 0.25) is 0 Å². The Morgan fingerprint density at radius 1 is 1.47 bits per heavy atom. The van der Waals surface area contributed by atoms with Crippen molar-refractivity contribution in [3.8, 4) is 0 Å². The average Bonchev–Trinajstić information content (AvgIpc) is 2.92. The maximum absolute atomic E-state index is 9.73. The fourth-order valence-electron chi connectivity index (χ4n) is 1.98. The molecule has 1 fully saturated rings. The molecule has 19 heavy (non-hydrogen) atoms. The van der Waals surface area contributed by atoms with E-state index in [9.17, 15) is 5.11 Å². The van der Waals surface area contributed by atoms with E-state index in [-0.39, 0.29) is 5.76 Å². The number of hydrogen-bond donors (Lipinski definition) is 3. The molecule has 1 aromatic rings. The molecule has 1 aliphatic heterocycles. The zero-order chi connectivity index (χ0) is 13.7. The molecular weight excluding hydrogens is 240 g/mol. The van der Waals surface area contributed by atoms with E-state index in [0.717, 1.165) is 25.3 Å². The Kier molecular flexibility index (Phi) is 4.30. The van der Waals surface area contributed by atoms with Crippen molar-refractivity contribution in [2.75, 3.05) is 18.4 Å². The molecular formula is C14H18N4O. The van der Waals surface area contributed by atoms with Gasteiger partial charge in [0.05, 0.1) is 5.57 Å². The zero-order valence-corrected chi connectivity index (χ0v) is 10.8. The predicted molar refractivity (Wildman–Crippen MR) is 76.9 cm³/mol. The summed E-state index contributed by atoms with van der Waals surface area (Å²) in [6.07, 6.45) is 5.60. The first-order valence-electron chi connectivity index (χ1n) is 6.23. The molecule has 1 unspecified atom stereocenters. The molecule has 100 valence electrons. The standard InChI is InChI=1S/C14H18N4O/c1-3-11(12(19)4-2)14-16-8-6-13(18-14)17-10-5-7-15-9-10/h3-4,6,8,10,15,19H,1-2,5,7,9H2,(H,16,17,18)/b12-11-. The summed E-state index contributed by atoms with van der Waals surface area (Å²) in [5.74, 6) is 1.20. The lowest BCUT2D eigenvalue weighted by molar-refractivity contribution is 0.435. The van der Waals surface area contributed by atoms with Crippen molar-refractivity contribution in [1.29, 1.82) is 0 Å². The first-order chi connectivity index (χ1) is 9.24. The molecule has 0 amide bonds. The molecule has 2 rings (SSSR count). The van der Waals surface area contributed by atoms with Crippen molar-refractivity contribution in [2.24, 2.45) is 0 Å². The molecule has 3 N–H and O–H groups in total. The average molecular weight is 258 g/mol. The summed E-state index contributed by atoms with van der Waals surface area (Å²) in [6, 6.07) is 2.19. The van der Waals surface area contributed by atoms with Crippen LogP contribution in [-0.2, 0) is 0 Å². The van der Waals surface area contributed by atoms with Crippen LogP contribution in [0.3, 0.4) is 0 Å². The van der Waals surface area contributed by atoms with Crippen LogP contribution in [0.1, 0.15) is 12.2 Å². The van der Waals surface area contributed by atoms with Crippen molar-refractivity contribution >= 4 is 11.4 Å². The monoisotopic (exact) mass is 258 g/mol. The zero-order valence-electron chi connectivity index (χ0n) is 10.8. The minimum absolute atomic E-state index is 0.0229. The highest BCUT2D eigenvalue weighted by Crippen LogP contribution is 2.17. The number of aromatic nitrogens is 2. The fourth-order valence-corrected chi connectivity index (χ4v) is 1.98. The van der Waals surface area contributed by atoms with Crippen molar-refractivity contribution in [3.05, 3.63) is 49.2 Å². The van der Waals surface area contributed by atoms with E-state index in [1.54, 1.807) is 6.20 Å². The Morgan fingerprint density at radius 3 is 2.95 bits per heavy atom. The Bertz CT molecular complexity index is 504. The van der Waals surface area contributed by atoms with E-state index < -0.39 is 0 Å². The molecule has 5 heteroatoms. The van der Waals surface area contributed by atoms with Gasteiger partial charge in [-0.3, -0.25) is 0 Å². The topological polar surface area (TPSA) is 70.1 Å². The summed E-state index contributed by atoms with van der Waals surface area (Å²) in [5, 5.41) is 16.3. The van der Waals surface area contributed by atoms with Crippen LogP contribution in [0, 0.1) is 0 Å². The first-order valence-corrected chi connectivity index (χ1v) is 6.23. The molecule has 1 aromatic heterocycles. The predicted octanol–water partition coefficient (Wildman–Crippen LogP) is 1.89. The second-order valence-corrected chi connectivity index (χ2v) is 4.31. The number of anilines is 1.